The molecular formula is C52H88NO7+. The molecule has 0 aliphatic rings. The second-order valence-corrected chi connectivity index (χ2v) is 16.6. The summed E-state index contributed by atoms with van der Waals surface area (Å²) in [5.74, 6) is -1.56. The summed E-state index contributed by atoms with van der Waals surface area (Å²) < 4.78 is 17.2. The van der Waals surface area contributed by atoms with Crippen molar-refractivity contribution in [1.29, 1.82) is 0 Å². The van der Waals surface area contributed by atoms with Gasteiger partial charge in [0.2, 0.25) is 0 Å². The highest BCUT2D eigenvalue weighted by Crippen LogP contribution is 2.13. The molecule has 0 radical (unpaired) electrons. The van der Waals surface area contributed by atoms with Gasteiger partial charge in [-0.1, -0.05) is 157 Å². The maximum absolute atomic E-state index is 12.7. The summed E-state index contributed by atoms with van der Waals surface area (Å²) in [6.07, 6.45) is 54.9. The van der Waals surface area contributed by atoms with Gasteiger partial charge in [0, 0.05) is 19.3 Å². The molecule has 0 aliphatic heterocycles. The Balaban J connectivity index is 4.45. The zero-order valence-electron chi connectivity index (χ0n) is 38.9. The van der Waals surface area contributed by atoms with Gasteiger partial charge in [0.15, 0.2) is 12.1 Å². The summed E-state index contributed by atoms with van der Waals surface area (Å²) in [5, 5.41) is 9.63. The standard InChI is InChI=1S/C52H87NO7/c1-6-8-10-12-14-16-18-20-22-24-25-26-27-29-31-33-35-37-39-41-43-51(55)60-48(46-58-45-44-49(52(56)57)53(3,4)5)47-59-50(54)42-40-38-36-34-32-30-28-23-21-19-17-15-13-11-9-7-2/h8,10,14,16,20,22-23,25-26,28-29,31,35,37,48-49H,6-7,9,11-13,15,17-19,21,24,27,30,32-34,36,38-47H2,1-5H3/p+1/b10-8+,16-14+,22-20+,26-25+,28-23+,31-29+,37-35+. The summed E-state index contributed by atoms with van der Waals surface area (Å²) in [4.78, 5) is 37.0. The minimum atomic E-state index is -0.888. The third-order valence-electron chi connectivity index (χ3n) is 10.0. The van der Waals surface area contributed by atoms with E-state index in [2.05, 4.69) is 98.9 Å². The highest BCUT2D eigenvalue weighted by atomic mass is 16.6. The average Bonchev–Trinajstić information content (AvgIpc) is 3.21. The minimum absolute atomic E-state index is 0.0309. The number of rotatable bonds is 41. The van der Waals surface area contributed by atoms with Gasteiger partial charge in [-0.15, -0.1) is 0 Å². The van der Waals surface area contributed by atoms with Crippen LogP contribution in [-0.2, 0) is 28.6 Å². The number of unbranched alkanes of at least 4 members (excludes halogenated alkanes) is 13. The molecule has 2 atom stereocenters. The number of allylic oxidation sites excluding steroid dienone is 14. The van der Waals surface area contributed by atoms with Crippen molar-refractivity contribution in [3.63, 3.8) is 0 Å². The number of likely N-dealkylation sites (N-methyl/N-ethyl adjacent to an activating group) is 1. The van der Waals surface area contributed by atoms with Gasteiger partial charge in [0.05, 0.1) is 34.4 Å². The number of nitrogens with zero attached hydrogens (tertiary/aromatic N) is 1. The van der Waals surface area contributed by atoms with Gasteiger partial charge in [-0.25, -0.2) is 4.79 Å². The first-order valence-corrected chi connectivity index (χ1v) is 23.6. The molecular weight excluding hydrogens is 751 g/mol. The summed E-state index contributed by atoms with van der Waals surface area (Å²) in [6, 6.07) is -0.631. The van der Waals surface area contributed by atoms with Gasteiger partial charge >= 0.3 is 17.9 Å². The van der Waals surface area contributed by atoms with Crippen LogP contribution in [0.15, 0.2) is 85.1 Å². The Bertz CT molecular complexity index is 1250. The molecule has 0 amide bonds. The fourth-order valence-corrected chi connectivity index (χ4v) is 6.39. The number of hydrogen-bond acceptors (Lipinski definition) is 6. The Morgan fingerprint density at radius 3 is 1.45 bits per heavy atom. The van der Waals surface area contributed by atoms with Crippen LogP contribution < -0.4 is 0 Å². The van der Waals surface area contributed by atoms with Crippen LogP contribution in [0.3, 0.4) is 0 Å². The summed E-state index contributed by atoms with van der Waals surface area (Å²) in [5.41, 5.74) is 0. The van der Waals surface area contributed by atoms with Crippen molar-refractivity contribution in [1.82, 2.24) is 0 Å². The van der Waals surface area contributed by atoms with Gasteiger partial charge in [-0.05, 0) is 83.5 Å². The van der Waals surface area contributed by atoms with E-state index in [1.807, 2.05) is 21.1 Å². The molecule has 0 spiro atoms. The van der Waals surface area contributed by atoms with Crippen LogP contribution in [0.5, 0.6) is 0 Å². The topological polar surface area (TPSA) is 99.1 Å². The molecule has 0 aromatic rings. The van der Waals surface area contributed by atoms with Gasteiger partial charge in [-0.3, -0.25) is 9.59 Å². The third kappa shape index (κ3) is 39.9. The number of carboxylic acids is 1. The molecule has 0 heterocycles. The van der Waals surface area contributed by atoms with Crippen LogP contribution in [0.1, 0.15) is 174 Å². The van der Waals surface area contributed by atoms with Crippen molar-refractivity contribution in [3.8, 4) is 0 Å². The fourth-order valence-electron chi connectivity index (χ4n) is 6.39. The Morgan fingerprint density at radius 2 is 0.950 bits per heavy atom. The number of quaternary nitrogens is 1. The molecule has 1 N–H and O–H groups in total. The van der Waals surface area contributed by atoms with Crippen molar-refractivity contribution in [2.24, 2.45) is 0 Å². The smallest absolute Gasteiger partial charge is 0.362 e. The highest BCUT2D eigenvalue weighted by Gasteiger charge is 2.31. The lowest BCUT2D eigenvalue weighted by Crippen LogP contribution is -2.50. The van der Waals surface area contributed by atoms with Gasteiger partial charge < -0.3 is 23.8 Å². The van der Waals surface area contributed by atoms with Crippen LogP contribution in [0.2, 0.25) is 0 Å². The first-order valence-electron chi connectivity index (χ1n) is 23.6. The van der Waals surface area contributed by atoms with E-state index in [0.29, 0.717) is 19.3 Å². The zero-order chi connectivity index (χ0) is 44.2. The second-order valence-electron chi connectivity index (χ2n) is 16.6. The van der Waals surface area contributed by atoms with E-state index in [9.17, 15) is 19.5 Å². The molecule has 2 unspecified atom stereocenters. The quantitative estimate of drug-likeness (QED) is 0.0283. The largest absolute Gasteiger partial charge is 0.477 e. The van der Waals surface area contributed by atoms with Crippen molar-refractivity contribution in [2.75, 3.05) is 41.0 Å². The predicted octanol–water partition coefficient (Wildman–Crippen LogP) is 13.3. The third-order valence-corrected chi connectivity index (χ3v) is 10.0. The van der Waals surface area contributed by atoms with Gasteiger partial charge in [-0.2, -0.15) is 0 Å². The lowest BCUT2D eigenvalue weighted by molar-refractivity contribution is -0.887. The van der Waals surface area contributed by atoms with Crippen molar-refractivity contribution in [2.45, 2.75) is 187 Å². The van der Waals surface area contributed by atoms with Gasteiger partial charge in [0.25, 0.3) is 0 Å². The molecule has 342 valence electrons. The van der Waals surface area contributed by atoms with E-state index in [-0.39, 0.29) is 42.7 Å². The zero-order valence-corrected chi connectivity index (χ0v) is 38.9. The number of carboxylic acid groups (broad SMARTS) is 1. The normalized spacial score (nSPS) is 13.7. The highest BCUT2D eigenvalue weighted by molar-refractivity contribution is 5.72. The molecule has 0 saturated carbocycles. The van der Waals surface area contributed by atoms with E-state index >= 15 is 0 Å². The number of carbonyl (C=O) groups excluding carboxylic acids is 2. The molecule has 0 fully saturated rings. The Morgan fingerprint density at radius 1 is 0.517 bits per heavy atom. The number of esters is 2. The number of carbonyl (C=O) groups is 3. The lowest BCUT2D eigenvalue weighted by Gasteiger charge is -2.31. The molecule has 8 nitrogen and oxygen atoms in total. The maximum atomic E-state index is 12.7. The first-order chi connectivity index (χ1) is 29.1. The monoisotopic (exact) mass is 839 g/mol. The van der Waals surface area contributed by atoms with E-state index < -0.39 is 18.1 Å². The molecule has 60 heavy (non-hydrogen) atoms. The molecule has 0 saturated heterocycles. The van der Waals surface area contributed by atoms with E-state index in [1.165, 1.54) is 57.8 Å². The van der Waals surface area contributed by atoms with Crippen LogP contribution in [0.25, 0.3) is 0 Å². The number of ether oxygens (including phenoxy) is 3. The first kappa shape index (κ1) is 56.5. The molecule has 8 heteroatoms. The number of hydrogen-bond donors (Lipinski definition) is 1. The van der Waals surface area contributed by atoms with Crippen molar-refractivity contribution in [3.05, 3.63) is 85.1 Å². The maximum Gasteiger partial charge on any atom is 0.362 e. The molecule has 0 bridgehead atoms. The number of aliphatic carboxylic acids is 1. The summed E-state index contributed by atoms with van der Waals surface area (Å²) >= 11 is 0. The van der Waals surface area contributed by atoms with Crippen LogP contribution in [0, 0.1) is 0 Å². The van der Waals surface area contributed by atoms with Gasteiger partial charge in [0.1, 0.15) is 6.61 Å². The average molecular weight is 839 g/mol. The fraction of sp³-hybridized carbons (Fsp3) is 0.673. The molecule has 0 rings (SSSR count). The Labute approximate surface area is 367 Å². The van der Waals surface area contributed by atoms with Crippen LogP contribution >= 0.6 is 0 Å². The predicted molar refractivity (Wildman–Crippen MR) is 252 cm³/mol. The molecule has 0 aromatic heterocycles. The SMILES string of the molecule is CC/C=C/C/C=C/C/C=C/C/C=C/C/C=C/C/C=C/CCCC(=O)OC(COCCC(C(=O)O)[N+](C)(C)C)COC(=O)CCCCCCC/C=C/CCCCCCCCC. The van der Waals surface area contributed by atoms with Crippen LogP contribution in [0.4, 0.5) is 0 Å². The van der Waals surface area contributed by atoms with E-state index in [4.69, 9.17) is 14.2 Å². The van der Waals surface area contributed by atoms with E-state index in [1.54, 1.807) is 0 Å². The summed E-state index contributed by atoms with van der Waals surface area (Å²) in [6.45, 7) is 4.54. The second kappa shape index (κ2) is 42.2. The minimum Gasteiger partial charge on any atom is -0.477 e. The van der Waals surface area contributed by atoms with Crippen molar-refractivity contribution >= 4 is 17.9 Å². The molecule has 0 aliphatic carbocycles. The Kier molecular flexibility index (Phi) is 39.8. The Hall–Kier alpha value is -3.49. The van der Waals surface area contributed by atoms with E-state index in [0.717, 1.165) is 77.0 Å². The lowest BCUT2D eigenvalue weighted by atomic mass is 10.1. The summed E-state index contributed by atoms with van der Waals surface area (Å²) in [7, 11) is 5.50. The van der Waals surface area contributed by atoms with Crippen molar-refractivity contribution < 1.29 is 38.2 Å². The molecule has 0 aromatic carbocycles. The van der Waals surface area contributed by atoms with Crippen LogP contribution in [-0.4, -0.2) is 80.6 Å².